The van der Waals surface area contributed by atoms with E-state index in [0.29, 0.717) is 6.54 Å². The SMILES string of the molecule is Cc1cc(N2CCc3nc(C)n(C)c(=O)c3C2)n2nc(C)cc2n1. The number of rotatable bonds is 1. The smallest absolute Gasteiger partial charge is 0.258 e. The van der Waals surface area contributed by atoms with Gasteiger partial charge in [-0.3, -0.25) is 9.36 Å². The first kappa shape index (κ1) is 14.9. The molecule has 0 aromatic carbocycles. The first-order valence-corrected chi connectivity index (χ1v) is 8.08. The fraction of sp³-hybridized carbons (Fsp3) is 0.412. The van der Waals surface area contributed by atoms with E-state index in [2.05, 4.69) is 20.0 Å². The predicted molar refractivity (Wildman–Crippen MR) is 91.4 cm³/mol. The summed E-state index contributed by atoms with van der Waals surface area (Å²) in [7, 11) is 1.77. The summed E-state index contributed by atoms with van der Waals surface area (Å²) in [6, 6.07) is 3.99. The van der Waals surface area contributed by atoms with Crippen molar-refractivity contribution in [2.24, 2.45) is 7.05 Å². The lowest BCUT2D eigenvalue weighted by Crippen LogP contribution is -2.39. The van der Waals surface area contributed by atoms with Gasteiger partial charge in [0, 0.05) is 37.8 Å². The molecule has 7 heteroatoms. The molecule has 7 nitrogen and oxygen atoms in total. The van der Waals surface area contributed by atoms with Crippen LogP contribution in [0.15, 0.2) is 16.9 Å². The van der Waals surface area contributed by atoms with Crippen LogP contribution in [0.3, 0.4) is 0 Å². The number of nitrogens with zero attached hydrogens (tertiary/aromatic N) is 6. The average molecular weight is 324 g/mol. The summed E-state index contributed by atoms with van der Waals surface area (Å²) in [5.74, 6) is 1.73. The third kappa shape index (κ3) is 2.19. The van der Waals surface area contributed by atoms with E-state index < -0.39 is 0 Å². The van der Waals surface area contributed by atoms with Crippen LogP contribution >= 0.6 is 0 Å². The molecule has 1 aliphatic heterocycles. The zero-order valence-electron chi connectivity index (χ0n) is 14.4. The molecule has 4 heterocycles. The molecule has 1 aliphatic rings. The van der Waals surface area contributed by atoms with Gasteiger partial charge in [0.05, 0.1) is 23.5 Å². The summed E-state index contributed by atoms with van der Waals surface area (Å²) in [5, 5.41) is 4.55. The van der Waals surface area contributed by atoms with Gasteiger partial charge in [0.1, 0.15) is 11.6 Å². The molecular formula is C17H20N6O. The molecule has 0 fully saturated rings. The molecule has 0 radical (unpaired) electrons. The Kier molecular flexibility index (Phi) is 3.19. The predicted octanol–water partition coefficient (Wildman–Crippen LogP) is 1.31. The number of hydrogen-bond acceptors (Lipinski definition) is 5. The molecule has 0 bridgehead atoms. The van der Waals surface area contributed by atoms with Crippen LogP contribution in [0.5, 0.6) is 0 Å². The molecule has 0 saturated carbocycles. The number of hydrogen-bond donors (Lipinski definition) is 0. The molecular weight excluding hydrogens is 304 g/mol. The molecule has 124 valence electrons. The normalized spacial score (nSPS) is 14.2. The van der Waals surface area contributed by atoms with Crippen LogP contribution in [0.4, 0.5) is 5.82 Å². The summed E-state index contributed by atoms with van der Waals surface area (Å²) >= 11 is 0. The molecule has 0 N–H and O–H groups in total. The van der Waals surface area contributed by atoms with Gasteiger partial charge in [-0.15, -0.1) is 0 Å². The molecule has 0 unspecified atom stereocenters. The zero-order valence-corrected chi connectivity index (χ0v) is 14.4. The lowest BCUT2D eigenvalue weighted by atomic mass is 10.1. The Hall–Kier alpha value is -2.70. The Balaban J connectivity index is 1.83. The lowest BCUT2D eigenvalue weighted by molar-refractivity contribution is 0.642. The topological polar surface area (TPSA) is 68.3 Å². The number of anilines is 1. The van der Waals surface area contributed by atoms with Crippen molar-refractivity contribution in [1.82, 2.24) is 24.1 Å². The van der Waals surface area contributed by atoms with Crippen LogP contribution in [0.25, 0.3) is 5.65 Å². The zero-order chi connectivity index (χ0) is 17.0. The third-order valence-electron chi connectivity index (χ3n) is 4.64. The maximum Gasteiger partial charge on any atom is 0.258 e. The second-order valence-electron chi connectivity index (χ2n) is 6.43. The minimum absolute atomic E-state index is 0.0425. The Labute approximate surface area is 139 Å². The maximum absolute atomic E-state index is 12.6. The standard InChI is InChI=1S/C17H20N6O/c1-10-8-16(23-15(18-10)7-11(2)20-23)22-6-5-14-13(9-22)17(24)21(4)12(3)19-14/h7-8H,5-6,9H2,1-4H3. The van der Waals surface area contributed by atoms with Gasteiger partial charge in [0.25, 0.3) is 5.56 Å². The van der Waals surface area contributed by atoms with Gasteiger partial charge in [-0.25, -0.2) is 9.97 Å². The summed E-state index contributed by atoms with van der Waals surface area (Å²) in [4.78, 5) is 23.9. The van der Waals surface area contributed by atoms with Crippen molar-refractivity contribution in [3.63, 3.8) is 0 Å². The van der Waals surface area contributed by atoms with Crippen molar-refractivity contribution >= 4 is 11.5 Å². The van der Waals surface area contributed by atoms with E-state index in [1.165, 1.54) is 0 Å². The molecule has 3 aromatic heterocycles. The van der Waals surface area contributed by atoms with E-state index >= 15 is 0 Å². The first-order chi connectivity index (χ1) is 11.4. The quantitative estimate of drug-likeness (QED) is 0.675. The minimum atomic E-state index is 0.0425. The number of aromatic nitrogens is 5. The highest BCUT2D eigenvalue weighted by molar-refractivity contribution is 5.53. The van der Waals surface area contributed by atoms with Crippen LogP contribution < -0.4 is 10.5 Å². The van der Waals surface area contributed by atoms with Gasteiger partial charge in [-0.2, -0.15) is 9.61 Å². The highest BCUT2D eigenvalue weighted by atomic mass is 16.1. The summed E-state index contributed by atoms with van der Waals surface area (Å²) in [6.45, 7) is 7.17. The van der Waals surface area contributed by atoms with E-state index in [1.807, 2.05) is 37.4 Å². The van der Waals surface area contributed by atoms with Crippen molar-refractivity contribution in [2.75, 3.05) is 11.4 Å². The Morgan fingerprint density at radius 2 is 1.88 bits per heavy atom. The molecule has 0 saturated heterocycles. The fourth-order valence-electron chi connectivity index (χ4n) is 3.30. The minimum Gasteiger partial charge on any atom is -0.351 e. The lowest BCUT2D eigenvalue weighted by Gasteiger charge is -2.30. The van der Waals surface area contributed by atoms with E-state index in [1.54, 1.807) is 11.6 Å². The van der Waals surface area contributed by atoms with Gasteiger partial charge in [0.2, 0.25) is 0 Å². The van der Waals surface area contributed by atoms with Crippen molar-refractivity contribution in [2.45, 2.75) is 33.7 Å². The number of aryl methyl sites for hydroxylation is 3. The molecule has 0 spiro atoms. The van der Waals surface area contributed by atoms with Crippen LogP contribution in [-0.2, 0) is 20.0 Å². The van der Waals surface area contributed by atoms with E-state index in [4.69, 9.17) is 0 Å². The molecule has 0 amide bonds. The van der Waals surface area contributed by atoms with Gasteiger partial charge in [-0.1, -0.05) is 0 Å². The van der Waals surface area contributed by atoms with Crippen LogP contribution in [-0.4, -0.2) is 30.7 Å². The van der Waals surface area contributed by atoms with Crippen molar-refractivity contribution in [1.29, 1.82) is 0 Å². The Morgan fingerprint density at radius 3 is 2.67 bits per heavy atom. The van der Waals surface area contributed by atoms with Gasteiger partial charge in [0.15, 0.2) is 5.65 Å². The van der Waals surface area contributed by atoms with E-state index in [-0.39, 0.29) is 5.56 Å². The molecule has 4 rings (SSSR count). The second kappa shape index (κ2) is 5.15. The summed E-state index contributed by atoms with van der Waals surface area (Å²) in [5.41, 5.74) is 4.45. The van der Waals surface area contributed by atoms with Gasteiger partial charge >= 0.3 is 0 Å². The van der Waals surface area contributed by atoms with Crippen molar-refractivity contribution < 1.29 is 0 Å². The second-order valence-corrected chi connectivity index (χ2v) is 6.43. The molecule has 0 atom stereocenters. The summed E-state index contributed by atoms with van der Waals surface area (Å²) in [6.07, 6.45) is 0.759. The van der Waals surface area contributed by atoms with Crippen LogP contribution in [0.1, 0.15) is 28.5 Å². The van der Waals surface area contributed by atoms with Gasteiger partial charge in [-0.05, 0) is 20.8 Å². The van der Waals surface area contributed by atoms with Crippen LogP contribution in [0, 0.1) is 20.8 Å². The first-order valence-electron chi connectivity index (χ1n) is 8.08. The third-order valence-corrected chi connectivity index (χ3v) is 4.64. The molecule has 0 aliphatic carbocycles. The van der Waals surface area contributed by atoms with Crippen molar-refractivity contribution in [3.05, 3.63) is 51.0 Å². The molecule has 24 heavy (non-hydrogen) atoms. The highest BCUT2D eigenvalue weighted by Gasteiger charge is 2.24. The fourth-order valence-corrected chi connectivity index (χ4v) is 3.30. The Morgan fingerprint density at radius 1 is 1.08 bits per heavy atom. The Bertz CT molecular complexity index is 1020. The molecule has 3 aromatic rings. The average Bonchev–Trinajstić information content (AvgIpc) is 2.91. The van der Waals surface area contributed by atoms with Crippen LogP contribution in [0.2, 0.25) is 0 Å². The number of fused-ring (bicyclic) bond motifs is 2. The highest BCUT2D eigenvalue weighted by Crippen LogP contribution is 2.23. The summed E-state index contributed by atoms with van der Waals surface area (Å²) < 4.78 is 3.48. The van der Waals surface area contributed by atoms with E-state index in [9.17, 15) is 4.79 Å². The maximum atomic E-state index is 12.6. The van der Waals surface area contributed by atoms with Crippen molar-refractivity contribution in [3.8, 4) is 0 Å². The van der Waals surface area contributed by atoms with E-state index in [0.717, 1.165) is 52.9 Å². The largest absolute Gasteiger partial charge is 0.351 e. The monoisotopic (exact) mass is 324 g/mol. The van der Waals surface area contributed by atoms with Gasteiger partial charge < -0.3 is 4.90 Å².